The second-order valence-corrected chi connectivity index (χ2v) is 7.96. The van der Waals surface area contributed by atoms with Gasteiger partial charge in [0.05, 0.1) is 0 Å². The molecule has 0 aromatic heterocycles. The summed E-state index contributed by atoms with van der Waals surface area (Å²) < 4.78 is 0. The zero-order valence-electron chi connectivity index (χ0n) is 16.5. The molecule has 2 fully saturated rings. The van der Waals surface area contributed by atoms with Crippen molar-refractivity contribution in [3.05, 3.63) is 29.8 Å². The first kappa shape index (κ1) is 18.7. The number of nitrogens with zero attached hydrogens (tertiary/aromatic N) is 5. The SMILES string of the molecule is CN1CCN(C(=O)c2cccc(N3C(N)=NC(N)=NC34CCCCC4)c2)CC1. The van der Waals surface area contributed by atoms with Gasteiger partial charge in [-0.15, -0.1) is 0 Å². The van der Waals surface area contributed by atoms with Crippen LogP contribution in [0.3, 0.4) is 0 Å². The lowest BCUT2D eigenvalue weighted by molar-refractivity contribution is 0.0664. The molecule has 1 aliphatic carbocycles. The maximum Gasteiger partial charge on any atom is 0.254 e. The normalized spacial score (nSPS) is 22.8. The average molecular weight is 384 g/mol. The molecule has 1 aromatic rings. The fraction of sp³-hybridized carbons (Fsp3) is 0.550. The topological polar surface area (TPSA) is 104 Å². The number of carbonyl (C=O) groups excluding carboxylic acids is 1. The molecule has 28 heavy (non-hydrogen) atoms. The minimum absolute atomic E-state index is 0.0585. The van der Waals surface area contributed by atoms with Gasteiger partial charge in [0.1, 0.15) is 5.66 Å². The van der Waals surface area contributed by atoms with Crippen molar-refractivity contribution in [3.63, 3.8) is 0 Å². The largest absolute Gasteiger partial charge is 0.369 e. The Bertz CT molecular complexity index is 805. The Hall–Kier alpha value is -2.61. The van der Waals surface area contributed by atoms with Crippen LogP contribution in [0.5, 0.6) is 0 Å². The van der Waals surface area contributed by atoms with Gasteiger partial charge >= 0.3 is 0 Å². The molecule has 1 saturated heterocycles. The van der Waals surface area contributed by atoms with E-state index in [1.165, 1.54) is 6.42 Å². The van der Waals surface area contributed by atoms with Crippen LogP contribution in [-0.2, 0) is 0 Å². The summed E-state index contributed by atoms with van der Waals surface area (Å²) in [5, 5.41) is 0. The first-order chi connectivity index (χ1) is 13.5. The molecule has 150 valence electrons. The molecule has 0 unspecified atom stereocenters. The molecular weight excluding hydrogens is 354 g/mol. The highest BCUT2D eigenvalue weighted by Crippen LogP contribution is 2.39. The van der Waals surface area contributed by atoms with Crippen molar-refractivity contribution in [2.75, 3.05) is 38.1 Å². The highest BCUT2D eigenvalue weighted by atomic mass is 16.2. The molecule has 1 saturated carbocycles. The van der Waals surface area contributed by atoms with Gasteiger partial charge in [-0.05, 0) is 50.9 Å². The van der Waals surface area contributed by atoms with Gasteiger partial charge in [0.2, 0.25) is 11.9 Å². The maximum atomic E-state index is 13.0. The summed E-state index contributed by atoms with van der Waals surface area (Å²) in [5.41, 5.74) is 13.3. The van der Waals surface area contributed by atoms with Crippen molar-refractivity contribution in [2.24, 2.45) is 21.5 Å². The molecule has 0 atom stereocenters. The molecule has 0 radical (unpaired) electrons. The van der Waals surface area contributed by atoms with Gasteiger partial charge in [-0.25, -0.2) is 4.99 Å². The Balaban J connectivity index is 1.64. The summed E-state index contributed by atoms with van der Waals surface area (Å²) in [5.74, 6) is 0.641. The Morgan fingerprint density at radius 2 is 1.79 bits per heavy atom. The fourth-order valence-corrected chi connectivity index (χ4v) is 4.46. The first-order valence-electron chi connectivity index (χ1n) is 10.1. The van der Waals surface area contributed by atoms with Crippen molar-refractivity contribution in [2.45, 2.75) is 37.8 Å². The van der Waals surface area contributed by atoms with E-state index < -0.39 is 5.66 Å². The number of hydrogen-bond acceptors (Lipinski definition) is 7. The standard InChI is InChI=1S/C20H29N7O/c1-25-10-12-26(13-11-25)17(28)15-6-5-7-16(14-15)27-19(22)23-18(21)24-20(27)8-3-2-4-9-20/h5-7,14H,2-4,8-13H2,1H3,(H4,21,22,23,24). The van der Waals surface area contributed by atoms with E-state index in [0.717, 1.165) is 57.5 Å². The lowest BCUT2D eigenvalue weighted by Gasteiger charge is -2.45. The van der Waals surface area contributed by atoms with E-state index in [4.69, 9.17) is 16.5 Å². The quantitative estimate of drug-likeness (QED) is 0.798. The van der Waals surface area contributed by atoms with Gasteiger partial charge in [-0.1, -0.05) is 12.5 Å². The van der Waals surface area contributed by atoms with Gasteiger partial charge in [-0.3, -0.25) is 9.69 Å². The molecule has 8 nitrogen and oxygen atoms in total. The molecular formula is C20H29N7O. The second-order valence-electron chi connectivity index (χ2n) is 7.96. The van der Waals surface area contributed by atoms with E-state index in [-0.39, 0.29) is 11.9 Å². The fourth-order valence-electron chi connectivity index (χ4n) is 4.46. The summed E-state index contributed by atoms with van der Waals surface area (Å²) in [6, 6.07) is 7.66. The summed E-state index contributed by atoms with van der Waals surface area (Å²) in [6.45, 7) is 3.29. The number of likely N-dealkylation sites (N-methyl/N-ethyl adjacent to an activating group) is 1. The molecule has 0 bridgehead atoms. The van der Waals surface area contributed by atoms with Gasteiger partial charge in [0.25, 0.3) is 5.91 Å². The van der Waals surface area contributed by atoms with Crippen LogP contribution >= 0.6 is 0 Å². The molecule has 1 amide bonds. The second kappa shape index (κ2) is 7.43. The number of hydrogen-bond donors (Lipinski definition) is 2. The third-order valence-corrected chi connectivity index (χ3v) is 5.99. The van der Waals surface area contributed by atoms with Crippen LogP contribution in [0.15, 0.2) is 34.3 Å². The number of piperazine rings is 1. The molecule has 2 heterocycles. The van der Waals surface area contributed by atoms with E-state index in [2.05, 4.69) is 16.9 Å². The number of anilines is 1. The van der Waals surface area contributed by atoms with Crippen LogP contribution in [-0.4, -0.2) is 66.5 Å². The van der Waals surface area contributed by atoms with Gasteiger partial charge in [0.15, 0.2) is 0 Å². The Kier molecular flexibility index (Phi) is 4.97. The number of aliphatic imine (C=N–C) groups is 2. The van der Waals surface area contributed by atoms with Gasteiger partial charge in [0, 0.05) is 37.4 Å². The lowest BCUT2D eigenvalue weighted by atomic mass is 9.87. The Morgan fingerprint density at radius 3 is 2.50 bits per heavy atom. The molecule has 2 aliphatic heterocycles. The monoisotopic (exact) mass is 383 g/mol. The Labute approximate surface area is 165 Å². The molecule has 4 rings (SSSR count). The average Bonchev–Trinajstić information content (AvgIpc) is 2.68. The summed E-state index contributed by atoms with van der Waals surface area (Å²) >= 11 is 0. The summed E-state index contributed by atoms with van der Waals surface area (Å²) in [7, 11) is 2.08. The zero-order chi connectivity index (χ0) is 19.7. The number of rotatable bonds is 2. The third kappa shape index (κ3) is 3.44. The van der Waals surface area contributed by atoms with Crippen LogP contribution in [0.2, 0.25) is 0 Å². The van der Waals surface area contributed by atoms with E-state index in [1.807, 2.05) is 34.1 Å². The van der Waals surface area contributed by atoms with Crippen LogP contribution < -0.4 is 16.4 Å². The number of guanidine groups is 2. The van der Waals surface area contributed by atoms with Crippen LogP contribution in [0, 0.1) is 0 Å². The van der Waals surface area contributed by atoms with Crippen molar-refractivity contribution >= 4 is 23.5 Å². The third-order valence-electron chi connectivity index (χ3n) is 5.99. The summed E-state index contributed by atoms with van der Waals surface area (Å²) in [4.78, 5) is 28.1. The maximum absolute atomic E-state index is 13.0. The van der Waals surface area contributed by atoms with E-state index >= 15 is 0 Å². The molecule has 8 heteroatoms. The van der Waals surface area contributed by atoms with E-state index in [9.17, 15) is 4.79 Å². The highest BCUT2D eigenvalue weighted by molar-refractivity contribution is 6.06. The van der Waals surface area contributed by atoms with Gasteiger partial charge in [-0.2, -0.15) is 4.99 Å². The van der Waals surface area contributed by atoms with Crippen molar-refractivity contribution < 1.29 is 4.79 Å². The predicted octanol–water partition coefficient (Wildman–Crippen LogP) is 1.18. The zero-order valence-corrected chi connectivity index (χ0v) is 16.5. The van der Waals surface area contributed by atoms with Crippen LogP contribution in [0.1, 0.15) is 42.5 Å². The first-order valence-corrected chi connectivity index (χ1v) is 10.1. The number of nitrogens with two attached hydrogens (primary N) is 2. The molecule has 1 aromatic carbocycles. The smallest absolute Gasteiger partial charge is 0.254 e. The van der Waals surface area contributed by atoms with Gasteiger partial charge < -0.3 is 21.3 Å². The van der Waals surface area contributed by atoms with Crippen LogP contribution in [0.25, 0.3) is 0 Å². The summed E-state index contributed by atoms with van der Waals surface area (Å²) in [6.07, 6.45) is 5.08. The highest BCUT2D eigenvalue weighted by Gasteiger charge is 2.42. The van der Waals surface area contributed by atoms with E-state index in [0.29, 0.717) is 11.5 Å². The minimum atomic E-state index is -0.496. The van der Waals surface area contributed by atoms with Crippen molar-refractivity contribution in [1.82, 2.24) is 9.80 Å². The number of benzene rings is 1. The molecule has 3 aliphatic rings. The minimum Gasteiger partial charge on any atom is -0.369 e. The molecule has 4 N–H and O–H groups in total. The molecule has 1 spiro atoms. The lowest BCUT2D eigenvalue weighted by Crippen LogP contribution is -2.58. The Morgan fingerprint density at radius 1 is 1.07 bits per heavy atom. The number of carbonyl (C=O) groups is 1. The predicted molar refractivity (Wildman–Crippen MR) is 111 cm³/mol. The van der Waals surface area contributed by atoms with Crippen LogP contribution in [0.4, 0.5) is 5.69 Å². The number of amides is 1. The van der Waals surface area contributed by atoms with Crippen molar-refractivity contribution in [3.8, 4) is 0 Å². The van der Waals surface area contributed by atoms with E-state index in [1.54, 1.807) is 0 Å². The van der Waals surface area contributed by atoms with Crippen molar-refractivity contribution in [1.29, 1.82) is 0 Å².